The number of rotatable bonds is 4. The smallest absolute Gasteiger partial charge is 0.264 e. The maximum Gasteiger partial charge on any atom is 0.264 e. The zero-order valence-electron chi connectivity index (χ0n) is 13.9. The van der Waals surface area contributed by atoms with Crippen LogP contribution in [0.5, 0.6) is 0 Å². The van der Waals surface area contributed by atoms with E-state index in [1.807, 2.05) is 6.92 Å². The second kappa shape index (κ2) is 7.76. The van der Waals surface area contributed by atoms with Gasteiger partial charge in [-0.3, -0.25) is 14.5 Å². The maximum absolute atomic E-state index is 12.5. The van der Waals surface area contributed by atoms with Gasteiger partial charge in [-0.25, -0.2) is 10.1 Å². The van der Waals surface area contributed by atoms with Crippen LogP contribution in [-0.2, 0) is 4.79 Å². The molecule has 2 N–H and O–H groups in total. The highest BCUT2D eigenvalue weighted by Crippen LogP contribution is 2.26. The third kappa shape index (κ3) is 4.43. The molecule has 2 aromatic heterocycles. The van der Waals surface area contributed by atoms with Gasteiger partial charge >= 0.3 is 0 Å². The minimum atomic E-state index is -0.289. The van der Waals surface area contributed by atoms with Crippen LogP contribution in [0.2, 0.25) is 5.02 Å². The van der Waals surface area contributed by atoms with Crippen molar-refractivity contribution in [1.29, 1.82) is 0 Å². The highest BCUT2D eigenvalue weighted by atomic mass is 35.5. The van der Waals surface area contributed by atoms with E-state index >= 15 is 0 Å². The van der Waals surface area contributed by atoms with Crippen molar-refractivity contribution in [3.8, 4) is 0 Å². The first-order valence-corrected chi connectivity index (χ1v) is 8.63. The van der Waals surface area contributed by atoms with Crippen LogP contribution in [0, 0.1) is 0 Å². The molecule has 1 aliphatic heterocycles. The number of hydrogen-bond donors (Lipinski definition) is 2. The van der Waals surface area contributed by atoms with Crippen molar-refractivity contribution in [2.24, 2.45) is 0 Å². The van der Waals surface area contributed by atoms with Crippen LogP contribution in [0.4, 0.5) is 5.82 Å². The molecule has 0 saturated carbocycles. The summed E-state index contributed by atoms with van der Waals surface area (Å²) >= 11 is 5.81. The minimum absolute atomic E-state index is 0.107. The SMILES string of the molecule is CC(C(=O)Nc1ccc(Cl)cn1)N1CCC[C@@H](c2ccc(=O)[nH]n2)C1. The number of nitrogens with zero attached hydrogens (tertiary/aromatic N) is 3. The van der Waals surface area contributed by atoms with Gasteiger partial charge in [0.15, 0.2) is 0 Å². The minimum Gasteiger partial charge on any atom is -0.309 e. The van der Waals surface area contributed by atoms with E-state index in [-0.39, 0.29) is 23.4 Å². The molecule has 2 atom stereocenters. The van der Waals surface area contributed by atoms with Gasteiger partial charge < -0.3 is 5.32 Å². The monoisotopic (exact) mass is 361 g/mol. The van der Waals surface area contributed by atoms with Crippen molar-refractivity contribution in [3.63, 3.8) is 0 Å². The molecule has 2 aromatic rings. The number of pyridine rings is 1. The average molecular weight is 362 g/mol. The molecule has 8 heteroatoms. The highest BCUT2D eigenvalue weighted by molar-refractivity contribution is 6.30. The van der Waals surface area contributed by atoms with Gasteiger partial charge in [0, 0.05) is 24.7 Å². The Bertz CT molecular complexity index is 772. The number of aromatic amines is 1. The summed E-state index contributed by atoms with van der Waals surface area (Å²) in [6.07, 6.45) is 3.46. The first kappa shape index (κ1) is 17.6. The van der Waals surface area contributed by atoms with E-state index < -0.39 is 0 Å². The number of likely N-dealkylation sites (tertiary alicyclic amines) is 1. The predicted octanol–water partition coefficient (Wildman–Crippen LogP) is 2.02. The summed E-state index contributed by atoms with van der Waals surface area (Å²) < 4.78 is 0. The number of hydrogen-bond acceptors (Lipinski definition) is 5. The molecule has 0 bridgehead atoms. The van der Waals surface area contributed by atoms with E-state index in [1.165, 1.54) is 12.3 Å². The number of halogens is 1. The number of carbonyl (C=O) groups is 1. The van der Waals surface area contributed by atoms with E-state index in [2.05, 4.69) is 25.4 Å². The third-order valence-corrected chi connectivity index (χ3v) is 4.70. The molecule has 0 aliphatic carbocycles. The van der Waals surface area contributed by atoms with Gasteiger partial charge in [0.2, 0.25) is 5.91 Å². The summed E-state index contributed by atoms with van der Waals surface area (Å²) in [5.74, 6) is 0.580. The summed E-state index contributed by atoms with van der Waals surface area (Å²) in [6, 6.07) is 6.33. The largest absolute Gasteiger partial charge is 0.309 e. The van der Waals surface area contributed by atoms with Crippen molar-refractivity contribution < 1.29 is 4.79 Å². The lowest BCUT2D eigenvalue weighted by molar-refractivity contribution is -0.121. The van der Waals surface area contributed by atoms with Gasteiger partial charge in [-0.05, 0) is 44.5 Å². The average Bonchev–Trinajstić information content (AvgIpc) is 2.63. The molecule has 1 fully saturated rings. The molecule has 3 rings (SSSR count). The quantitative estimate of drug-likeness (QED) is 0.869. The normalized spacial score (nSPS) is 19.4. The molecule has 1 saturated heterocycles. The Hall–Kier alpha value is -2.25. The number of nitrogens with one attached hydrogen (secondary N) is 2. The topological polar surface area (TPSA) is 91.0 Å². The fraction of sp³-hybridized carbons (Fsp3) is 0.412. The lowest BCUT2D eigenvalue weighted by Crippen LogP contribution is -2.46. The number of amides is 1. The first-order chi connectivity index (χ1) is 12.0. The van der Waals surface area contributed by atoms with Crippen LogP contribution in [0.1, 0.15) is 31.4 Å². The van der Waals surface area contributed by atoms with Crippen molar-refractivity contribution in [2.75, 3.05) is 18.4 Å². The number of piperidine rings is 1. The van der Waals surface area contributed by atoms with Crippen LogP contribution in [0.3, 0.4) is 0 Å². The lowest BCUT2D eigenvalue weighted by Gasteiger charge is -2.35. The predicted molar refractivity (Wildman–Crippen MR) is 95.7 cm³/mol. The van der Waals surface area contributed by atoms with E-state index in [0.29, 0.717) is 10.8 Å². The number of H-pyrrole nitrogens is 1. The highest BCUT2D eigenvalue weighted by Gasteiger charge is 2.29. The van der Waals surface area contributed by atoms with Crippen LogP contribution in [0.25, 0.3) is 0 Å². The van der Waals surface area contributed by atoms with E-state index in [4.69, 9.17) is 11.6 Å². The molecule has 132 valence electrons. The van der Waals surface area contributed by atoms with Crippen molar-refractivity contribution >= 4 is 23.3 Å². The molecular weight excluding hydrogens is 342 g/mol. The summed E-state index contributed by atoms with van der Waals surface area (Å²) in [5, 5.41) is 9.95. The molecule has 0 aromatic carbocycles. The Morgan fingerprint density at radius 3 is 2.92 bits per heavy atom. The molecule has 1 amide bonds. The van der Waals surface area contributed by atoms with Gasteiger partial charge in [0.05, 0.1) is 16.8 Å². The zero-order valence-corrected chi connectivity index (χ0v) is 14.7. The fourth-order valence-electron chi connectivity index (χ4n) is 3.03. The zero-order chi connectivity index (χ0) is 17.8. The fourth-order valence-corrected chi connectivity index (χ4v) is 3.14. The second-order valence-corrected chi connectivity index (χ2v) is 6.64. The third-order valence-electron chi connectivity index (χ3n) is 4.48. The Morgan fingerprint density at radius 2 is 2.24 bits per heavy atom. The van der Waals surface area contributed by atoms with Gasteiger partial charge in [0.25, 0.3) is 5.56 Å². The van der Waals surface area contributed by atoms with Gasteiger partial charge in [-0.15, -0.1) is 0 Å². The van der Waals surface area contributed by atoms with Crippen LogP contribution >= 0.6 is 11.6 Å². The number of aromatic nitrogens is 3. The van der Waals surface area contributed by atoms with Crippen LogP contribution in [-0.4, -0.2) is 45.1 Å². The molecule has 1 unspecified atom stereocenters. The number of carbonyl (C=O) groups excluding carboxylic acids is 1. The summed E-state index contributed by atoms with van der Waals surface area (Å²) in [7, 11) is 0. The van der Waals surface area contributed by atoms with E-state index in [0.717, 1.165) is 31.6 Å². The van der Waals surface area contributed by atoms with E-state index in [9.17, 15) is 9.59 Å². The maximum atomic E-state index is 12.5. The second-order valence-electron chi connectivity index (χ2n) is 6.21. The molecule has 0 radical (unpaired) electrons. The van der Waals surface area contributed by atoms with Crippen molar-refractivity contribution in [2.45, 2.75) is 31.7 Å². The van der Waals surface area contributed by atoms with Gasteiger partial charge in [0.1, 0.15) is 5.82 Å². The van der Waals surface area contributed by atoms with Crippen molar-refractivity contribution in [1.82, 2.24) is 20.1 Å². The van der Waals surface area contributed by atoms with Crippen molar-refractivity contribution in [3.05, 3.63) is 51.5 Å². The Morgan fingerprint density at radius 1 is 1.40 bits per heavy atom. The van der Waals surface area contributed by atoms with E-state index in [1.54, 1.807) is 18.2 Å². The molecule has 7 nitrogen and oxygen atoms in total. The Kier molecular flexibility index (Phi) is 5.45. The van der Waals surface area contributed by atoms with Gasteiger partial charge in [-0.2, -0.15) is 5.10 Å². The first-order valence-electron chi connectivity index (χ1n) is 8.25. The van der Waals surface area contributed by atoms with Gasteiger partial charge in [-0.1, -0.05) is 11.6 Å². The molecule has 1 aliphatic rings. The molecule has 25 heavy (non-hydrogen) atoms. The van der Waals surface area contributed by atoms with Crippen LogP contribution in [0.15, 0.2) is 35.3 Å². The lowest BCUT2D eigenvalue weighted by atomic mass is 9.93. The van der Waals surface area contributed by atoms with Crippen LogP contribution < -0.4 is 10.9 Å². The number of anilines is 1. The summed E-state index contributed by atoms with van der Waals surface area (Å²) in [6.45, 7) is 3.46. The molecular formula is C17H20ClN5O2. The summed E-state index contributed by atoms with van der Waals surface area (Å²) in [5.41, 5.74) is 0.649. The summed E-state index contributed by atoms with van der Waals surface area (Å²) in [4.78, 5) is 29.9. The molecule has 0 spiro atoms. The molecule has 3 heterocycles. The standard InChI is InChI=1S/C17H20ClN5O2/c1-11(17(25)20-15-6-4-13(18)9-19-15)23-8-2-3-12(10-23)14-5-7-16(24)22-21-14/h4-7,9,11-12H,2-3,8,10H2,1H3,(H,22,24)(H,19,20,25)/t11?,12-/m1/s1. The Balaban J connectivity index is 1.63. The Labute approximate surface area is 150 Å².